The Labute approximate surface area is 180 Å². The highest BCUT2D eigenvalue weighted by Gasteiger charge is 2.34. The minimum atomic E-state index is -0.0107. The third-order valence-corrected chi connectivity index (χ3v) is 7.60. The van der Waals surface area contributed by atoms with Crippen molar-refractivity contribution in [3.63, 3.8) is 0 Å². The quantitative estimate of drug-likeness (QED) is 0.604. The maximum absolute atomic E-state index is 13.2. The van der Waals surface area contributed by atoms with Gasteiger partial charge in [0.15, 0.2) is 0 Å². The van der Waals surface area contributed by atoms with Crippen molar-refractivity contribution in [3.8, 4) is 5.69 Å². The fourth-order valence-electron chi connectivity index (χ4n) is 4.42. The van der Waals surface area contributed by atoms with Crippen molar-refractivity contribution in [2.75, 3.05) is 39.2 Å². The average molecular weight is 425 g/mol. The summed E-state index contributed by atoms with van der Waals surface area (Å²) in [6.45, 7) is 2.11. The Bertz CT molecular complexity index is 1100. The second-order valence-electron chi connectivity index (χ2n) is 8.65. The van der Waals surface area contributed by atoms with E-state index in [4.69, 9.17) is 4.74 Å². The summed E-state index contributed by atoms with van der Waals surface area (Å²) in [6.07, 6.45) is 5.31. The second-order valence-corrected chi connectivity index (χ2v) is 9.73. The summed E-state index contributed by atoms with van der Waals surface area (Å²) < 4.78 is 8.05. The first-order valence-electron chi connectivity index (χ1n) is 10.6. The van der Waals surface area contributed by atoms with E-state index in [-0.39, 0.29) is 11.7 Å². The molecule has 1 saturated carbocycles. The van der Waals surface area contributed by atoms with Crippen LogP contribution in [0.15, 0.2) is 41.5 Å². The Morgan fingerprint density at radius 1 is 1.17 bits per heavy atom. The summed E-state index contributed by atoms with van der Waals surface area (Å²) in [6, 6.07) is 10.9. The number of likely N-dealkylation sites (N-methyl/N-ethyl adjacent to an activating group) is 1. The van der Waals surface area contributed by atoms with Crippen LogP contribution in [0.25, 0.3) is 15.9 Å². The van der Waals surface area contributed by atoms with Gasteiger partial charge in [-0.05, 0) is 69.6 Å². The Kier molecular flexibility index (Phi) is 5.13. The first-order valence-corrected chi connectivity index (χ1v) is 11.4. The van der Waals surface area contributed by atoms with Crippen LogP contribution < -0.4 is 10.5 Å². The van der Waals surface area contributed by atoms with E-state index >= 15 is 0 Å². The molecule has 2 atom stereocenters. The van der Waals surface area contributed by atoms with Crippen molar-refractivity contribution in [2.45, 2.75) is 31.4 Å². The topological polar surface area (TPSA) is 50.6 Å². The maximum atomic E-state index is 13.2. The Balaban J connectivity index is 1.42. The zero-order valence-electron chi connectivity index (χ0n) is 17.7. The highest BCUT2D eigenvalue weighted by molar-refractivity contribution is 7.19. The van der Waals surface area contributed by atoms with Gasteiger partial charge in [0, 0.05) is 36.8 Å². The van der Waals surface area contributed by atoms with Crippen LogP contribution >= 0.6 is 11.3 Å². The van der Waals surface area contributed by atoms with Crippen molar-refractivity contribution >= 4 is 27.2 Å². The molecule has 0 radical (unpaired) electrons. The highest BCUT2D eigenvalue weighted by Crippen LogP contribution is 2.45. The lowest BCUT2D eigenvalue weighted by Crippen LogP contribution is -2.31. The third-order valence-electron chi connectivity index (χ3n) is 6.43. The Morgan fingerprint density at radius 3 is 2.53 bits per heavy atom. The van der Waals surface area contributed by atoms with Crippen LogP contribution in [0.3, 0.4) is 0 Å². The number of nitrogens with zero attached hydrogens (tertiary/aromatic N) is 4. The van der Waals surface area contributed by atoms with Crippen LogP contribution in [-0.2, 0) is 4.74 Å². The van der Waals surface area contributed by atoms with E-state index in [2.05, 4.69) is 41.0 Å². The monoisotopic (exact) mass is 424 g/mol. The predicted molar refractivity (Wildman–Crippen MR) is 122 cm³/mol. The van der Waals surface area contributed by atoms with E-state index in [9.17, 15) is 4.79 Å². The van der Waals surface area contributed by atoms with Gasteiger partial charge in [-0.25, -0.2) is 4.98 Å². The molecule has 30 heavy (non-hydrogen) atoms. The number of rotatable bonds is 6. The summed E-state index contributed by atoms with van der Waals surface area (Å²) in [4.78, 5) is 23.6. The zero-order chi connectivity index (χ0) is 20.8. The van der Waals surface area contributed by atoms with Gasteiger partial charge < -0.3 is 14.5 Å². The SMILES string of the molecule is COC(c1cc2ncn(-c3ccc(N4CCC(N(C)C)C4)cc3)c(=O)c2s1)C1CC1. The molecule has 2 unspecified atom stereocenters. The van der Waals surface area contributed by atoms with Gasteiger partial charge in [-0.15, -0.1) is 11.3 Å². The highest BCUT2D eigenvalue weighted by atomic mass is 32.1. The molecule has 0 spiro atoms. The fourth-order valence-corrected chi connectivity index (χ4v) is 5.63. The van der Waals surface area contributed by atoms with Crippen molar-refractivity contribution in [3.05, 3.63) is 51.9 Å². The maximum Gasteiger partial charge on any atom is 0.275 e. The molecule has 5 rings (SSSR count). The minimum Gasteiger partial charge on any atom is -0.376 e. The molecule has 1 aliphatic carbocycles. The molecule has 2 aromatic heterocycles. The third kappa shape index (κ3) is 3.55. The first-order chi connectivity index (χ1) is 14.5. The van der Waals surface area contributed by atoms with Gasteiger partial charge in [0.2, 0.25) is 0 Å². The minimum absolute atomic E-state index is 0.0107. The first kappa shape index (κ1) is 19.7. The average Bonchev–Trinajstić information content (AvgIpc) is 3.27. The molecule has 0 bridgehead atoms. The molecule has 0 amide bonds. The van der Waals surface area contributed by atoms with Gasteiger partial charge in [0.05, 0.1) is 17.3 Å². The van der Waals surface area contributed by atoms with Crippen LogP contribution in [0.1, 0.15) is 30.2 Å². The lowest BCUT2D eigenvalue weighted by atomic mass is 10.2. The van der Waals surface area contributed by atoms with Crippen molar-refractivity contribution in [1.29, 1.82) is 0 Å². The number of benzene rings is 1. The zero-order valence-corrected chi connectivity index (χ0v) is 18.6. The van der Waals surface area contributed by atoms with E-state index in [1.54, 1.807) is 18.0 Å². The number of fused-ring (bicyclic) bond motifs is 1. The summed E-state index contributed by atoms with van der Waals surface area (Å²) in [5, 5.41) is 0. The molecule has 0 N–H and O–H groups in total. The van der Waals surface area contributed by atoms with Crippen LogP contribution in [0.2, 0.25) is 0 Å². The lowest BCUT2D eigenvalue weighted by Gasteiger charge is -2.22. The summed E-state index contributed by atoms with van der Waals surface area (Å²) in [5.74, 6) is 0.579. The number of ether oxygens (including phenoxy) is 1. The number of thiophene rings is 1. The molecule has 2 fully saturated rings. The van der Waals surface area contributed by atoms with Crippen LogP contribution in [0, 0.1) is 5.92 Å². The van der Waals surface area contributed by atoms with Gasteiger partial charge in [-0.2, -0.15) is 0 Å². The van der Waals surface area contributed by atoms with E-state index in [0.29, 0.717) is 16.7 Å². The smallest absolute Gasteiger partial charge is 0.275 e. The largest absolute Gasteiger partial charge is 0.376 e. The molecular formula is C23H28N4O2S. The van der Waals surface area contributed by atoms with Crippen LogP contribution in [0.5, 0.6) is 0 Å². The molecule has 2 aliphatic rings. The lowest BCUT2D eigenvalue weighted by molar-refractivity contribution is 0.0876. The van der Waals surface area contributed by atoms with Crippen molar-refractivity contribution in [1.82, 2.24) is 14.5 Å². The number of methoxy groups -OCH3 is 1. The molecule has 3 heterocycles. The van der Waals surface area contributed by atoms with Gasteiger partial charge in [0.25, 0.3) is 5.56 Å². The van der Waals surface area contributed by atoms with Gasteiger partial charge in [0.1, 0.15) is 11.0 Å². The number of aromatic nitrogens is 2. The van der Waals surface area contributed by atoms with Crippen molar-refractivity contribution < 1.29 is 4.74 Å². The molecule has 1 saturated heterocycles. The normalized spacial score (nSPS) is 20.4. The Hall–Kier alpha value is -2.22. The summed E-state index contributed by atoms with van der Waals surface area (Å²) in [5.41, 5.74) is 2.81. The molecule has 158 valence electrons. The standard InChI is InChI=1S/C23H28N4O2S/c1-25(2)18-10-11-26(13-18)16-6-8-17(9-7-16)27-14-24-19-12-20(30-22(19)23(27)28)21(29-3)15-4-5-15/h6-9,12,14-15,18,21H,4-5,10-11,13H2,1-3H3. The molecule has 3 aromatic rings. The van der Waals surface area contributed by atoms with Crippen LogP contribution in [0.4, 0.5) is 5.69 Å². The van der Waals surface area contributed by atoms with Crippen molar-refractivity contribution in [2.24, 2.45) is 5.92 Å². The second kappa shape index (κ2) is 7.80. The molecule has 1 aromatic carbocycles. The van der Waals surface area contributed by atoms with E-state index in [1.165, 1.54) is 36.3 Å². The van der Waals surface area contributed by atoms with Gasteiger partial charge in [-0.1, -0.05) is 0 Å². The number of hydrogen-bond donors (Lipinski definition) is 0. The van der Waals surface area contributed by atoms with Crippen LogP contribution in [-0.4, -0.2) is 54.8 Å². The molecular weight excluding hydrogens is 396 g/mol. The molecule has 7 heteroatoms. The predicted octanol–water partition coefficient (Wildman–Crippen LogP) is 3.69. The van der Waals surface area contributed by atoms with E-state index in [1.807, 2.05) is 18.2 Å². The summed E-state index contributed by atoms with van der Waals surface area (Å²) in [7, 11) is 6.03. The molecule has 6 nitrogen and oxygen atoms in total. The van der Waals surface area contributed by atoms with Gasteiger partial charge >= 0.3 is 0 Å². The molecule has 1 aliphatic heterocycles. The van der Waals surface area contributed by atoms with E-state index < -0.39 is 0 Å². The Morgan fingerprint density at radius 2 is 1.90 bits per heavy atom. The number of anilines is 1. The summed E-state index contributed by atoms with van der Waals surface area (Å²) >= 11 is 1.53. The fraction of sp³-hybridized carbons (Fsp3) is 0.478. The number of hydrogen-bond acceptors (Lipinski definition) is 6. The van der Waals surface area contributed by atoms with E-state index in [0.717, 1.165) is 29.2 Å². The van der Waals surface area contributed by atoms with Gasteiger partial charge in [-0.3, -0.25) is 9.36 Å².